The molecule has 3 nitrogen and oxygen atoms in total. The quantitative estimate of drug-likeness (QED) is 0.613. The molecule has 0 aromatic heterocycles. The molecule has 0 spiro atoms. The maximum absolute atomic E-state index is 14.4. The summed E-state index contributed by atoms with van der Waals surface area (Å²) in [6.07, 6.45) is 7.46. The van der Waals surface area contributed by atoms with Crippen LogP contribution in [0, 0.1) is 17.6 Å². The van der Waals surface area contributed by atoms with E-state index in [0.717, 1.165) is 51.7 Å². The summed E-state index contributed by atoms with van der Waals surface area (Å²) < 4.78 is 45.6. The van der Waals surface area contributed by atoms with Crippen LogP contribution >= 0.6 is 0 Å². The lowest BCUT2D eigenvalue weighted by atomic mass is 9.82. The molecule has 2 unspecified atom stereocenters. The van der Waals surface area contributed by atoms with Gasteiger partial charge in [0.25, 0.3) is 0 Å². The molecule has 0 amide bonds. The van der Waals surface area contributed by atoms with Crippen molar-refractivity contribution in [3.63, 3.8) is 0 Å². The molecule has 2 aliphatic rings. The zero-order chi connectivity index (χ0) is 19.2. The molecule has 27 heavy (non-hydrogen) atoms. The lowest BCUT2D eigenvalue weighted by Crippen LogP contribution is -2.30. The first-order valence-corrected chi connectivity index (χ1v) is 10.5. The maximum Gasteiger partial charge on any atom is 0.200 e. The van der Waals surface area contributed by atoms with Gasteiger partial charge in [-0.25, -0.2) is 4.39 Å². The Labute approximate surface area is 161 Å². The molecule has 1 saturated carbocycles. The molecule has 1 heterocycles. The van der Waals surface area contributed by atoms with Gasteiger partial charge in [-0.15, -0.1) is 0 Å². The number of hydrogen-bond acceptors (Lipinski definition) is 3. The van der Waals surface area contributed by atoms with E-state index in [1.54, 1.807) is 19.1 Å². The first-order chi connectivity index (χ1) is 13.1. The second kappa shape index (κ2) is 9.83. The second-order valence-corrected chi connectivity index (χ2v) is 7.83. The largest absolute Gasteiger partial charge is 0.491 e. The Balaban J connectivity index is 1.46. The Morgan fingerprint density at radius 2 is 1.78 bits per heavy atom. The molecular weight excluding hydrogens is 350 g/mol. The van der Waals surface area contributed by atoms with Crippen LogP contribution in [0.1, 0.15) is 70.3 Å². The molecule has 2 atom stereocenters. The Kier molecular flexibility index (Phi) is 7.48. The first-order valence-electron chi connectivity index (χ1n) is 10.5. The average molecular weight is 382 g/mol. The zero-order valence-corrected chi connectivity index (χ0v) is 16.5. The fourth-order valence-corrected chi connectivity index (χ4v) is 4.26. The predicted octanol–water partition coefficient (Wildman–Crippen LogP) is 5.61. The van der Waals surface area contributed by atoms with E-state index in [2.05, 4.69) is 6.92 Å². The third-order valence-electron chi connectivity index (χ3n) is 5.98. The first kappa shape index (κ1) is 20.5. The van der Waals surface area contributed by atoms with Crippen LogP contribution in [0.15, 0.2) is 12.1 Å². The van der Waals surface area contributed by atoms with Crippen LogP contribution in [-0.2, 0) is 9.47 Å². The highest BCUT2D eigenvalue weighted by Crippen LogP contribution is 2.37. The SMILES string of the molecule is CCOc1ccc(C2CCC(OCC3CCC(CC)OC3)CC2)c(F)c1F. The van der Waals surface area contributed by atoms with Gasteiger partial charge < -0.3 is 14.2 Å². The zero-order valence-electron chi connectivity index (χ0n) is 16.5. The van der Waals surface area contributed by atoms with E-state index in [1.165, 1.54) is 6.42 Å². The third-order valence-corrected chi connectivity index (χ3v) is 5.98. The van der Waals surface area contributed by atoms with Gasteiger partial charge in [0.05, 0.1) is 32.0 Å². The van der Waals surface area contributed by atoms with E-state index in [1.807, 2.05) is 0 Å². The number of halogens is 2. The molecule has 0 bridgehead atoms. The number of benzene rings is 1. The monoisotopic (exact) mass is 382 g/mol. The predicted molar refractivity (Wildman–Crippen MR) is 101 cm³/mol. The fourth-order valence-electron chi connectivity index (χ4n) is 4.26. The van der Waals surface area contributed by atoms with Gasteiger partial charge in [-0.3, -0.25) is 0 Å². The van der Waals surface area contributed by atoms with Gasteiger partial charge in [0.1, 0.15) is 0 Å². The van der Waals surface area contributed by atoms with Gasteiger partial charge in [0.2, 0.25) is 5.82 Å². The summed E-state index contributed by atoms with van der Waals surface area (Å²) in [6, 6.07) is 3.23. The van der Waals surface area contributed by atoms with Crippen LogP contribution in [0.25, 0.3) is 0 Å². The molecule has 2 fully saturated rings. The molecule has 1 aliphatic heterocycles. The van der Waals surface area contributed by atoms with Gasteiger partial charge in [-0.05, 0) is 69.4 Å². The highest BCUT2D eigenvalue weighted by atomic mass is 19.2. The van der Waals surface area contributed by atoms with Gasteiger partial charge in [0, 0.05) is 5.92 Å². The third kappa shape index (κ3) is 5.20. The van der Waals surface area contributed by atoms with E-state index in [4.69, 9.17) is 14.2 Å². The van der Waals surface area contributed by atoms with Crippen molar-refractivity contribution in [2.45, 2.75) is 76.9 Å². The van der Waals surface area contributed by atoms with Crippen molar-refractivity contribution >= 4 is 0 Å². The van der Waals surface area contributed by atoms with Gasteiger partial charge in [0.15, 0.2) is 11.6 Å². The van der Waals surface area contributed by atoms with Crippen LogP contribution in [0.4, 0.5) is 8.78 Å². The van der Waals surface area contributed by atoms with Gasteiger partial charge in [-0.2, -0.15) is 4.39 Å². The molecular formula is C22H32F2O3. The standard InChI is InChI=1S/C22H32F2O3/c1-3-17-8-5-15(13-26-17)14-27-18-9-6-16(7-10-18)19-11-12-20(25-4-2)22(24)21(19)23/h11-12,15-18H,3-10,13-14H2,1-2H3. The van der Waals surface area contributed by atoms with Crippen molar-refractivity contribution in [2.75, 3.05) is 19.8 Å². The maximum atomic E-state index is 14.4. The number of hydrogen-bond donors (Lipinski definition) is 0. The minimum absolute atomic E-state index is 0.00391. The fraction of sp³-hybridized carbons (Fsp3) is 0.727. The summed E-state index contributed by atoms with van der Waals surface area (Å²) in [7, 11) is 0. The molecule has 1 aromatic carbocycles. The average Bonchev–Trinajstić information content (AvgIpc) is 2.71. The van der Waals surface area contributed by atoms with Crippen LogP contribution in [0.2, 0.25) is 0 Å². The van der Waals surface area contributed by atoms with E-state index in [-0.39, 0.29) is 17.8 Å². The van der Waals surface area contributed by atoms with Crippen LogP contribution in [-0.4, -0.2) is 32.0 Å². The second-order valence-electron chi connectivity index (χ2n) is 7.83. The Morgan fingerprint density at radius 3 is 2.41 bits per heavy atom. The van der Waals surface area contributed by atoms with Crippen molar-refractivity contribution in [1.82, 2.24) is 0 Å². The Hall–Kier alpha value is -1.20. The molecule has 0 radical (unpaired) electrons. The summed E-state index contributed by atoms with van der Waals surface area (Å²) in [5, 5.41) is 0. The van der Waals surface area contributed by atoms with Crippen LogP contribution < -0.4 is 4.74 Å². The molecule has 5 heteroatoms. The molecule has 3 rings (SSSR count). The van der Waals surface area contributed by atoms with E-state index < -0.39 is 11.6 Å². The molecule has 1 aromatic rings. The summed E-state index contributed by atoms with van der Waals surface area (Å²) in [5.41, 5.74) is 0.473. The summed E-state index contributed by atoms with van der Waals surface area (Å²) in [5.74, 6) is -1.08. The molecule has 1 saturated heterocycles. The molecule has 1 aliphatic carbocycles. The topological polar surface area (TPSA) is 27.7 Å². The number of rotatable bonds is 7. The normalized spacial score (nSPS) is 28.9. The Morgan fingerprint density at radius 1 is 1.00 bits per heavy atom. The number of ether oxygens (including phenoxy) is 3. The van der Waals surface area contributed by atoms with Crippen LogP contribution in [0.3, 0.4) is 0 Å². The van der Waals surface area contributed by atoms with E-state index in [9.17, 15) is 8.78 Å². The summed E-state index contributed by atoms with van der Waals surface area (Å²) in [6.45, 7) is 5.79. The molecule has 152 valence electrons. The minimum Gasteiger partial charge on any atom is -0.491 e. The van der Waals surface area contributed by atoms with E-state index in [0.29, 0.717) is 24.2 Å². The van der Waals surface area contributed by atoms with Gasteiger partial charge in [-0.1, -0.05) is 13.0 Å². The summed E-state index contributed by atoms with van der Waals surface area (Å²) in [4.78, 5) is 0. The Bertz CT molecular complexity index is 591. The minimum atomic E-state index is -0.865. The van der Waals surface area contributed by atoms with Crippen molar-refractivity contribution in [3.05, 3.63) is 29.3 Å². The van der Waals surface area contributed by atoms with Crippen LogP contribution in [0.5, 0.6) is 5.75 Å². The van der Waals surface area contributed by atoms with Crippen molar-refractivity contribution in [1.29, 1.82) is 0 Å². The lowest BCUT2D eigenvalue weighted by molar-refractivity contribution is -0.0633. The van der Waals surface area contributed by atoms with Crippen molar-refractivity contribution in [2.24, 2.45) is 5.92 Å². The smallest absolute Gasteiger partial charge is 0.200 e. The highest BCUT2D eigenvalue weighted by Gasteiger charge is 2.28. The van der Waals surface area contributed by atoms with Gasteiger partial charge >= 0.3 is 0 Å². The van der Waals surface area contributed by atoms with Crippen molar-refractivity contribution in [3.8, 4) is 5.75 Å². The van der Waals surface area contributed by atoms with Crippen molar-refractivity contribution < 1.29 is 23.0 Å². The lowest BCUT2D eigenvalue weighted by Gasteiger charge is -2.32. The summed E-state index contributed by atoms with van der Waals surface area (Å²) >= 11 is 0. The molecule has 0 N–H and O–H groups in total. The van der Waals surface area contributed by atoms with E-state index >= 15 is 0 Å². The highest BCUT2D eigenvalue weighted by molar-refractivity contribution is 5.33.